The van der Waals surface area contributed by atoms with E-state index in [9.17, 15) is 0 Å². The summed E-state index contributed by atoms with van der Waals surface area (Å²) in [5, 5.41) is 0. The molecule has 0 radical (unpaired) electrons. The van der Waals surface area contributed by atoms with E-state index in [2.05, 4.69) is 26.4 Å². The fraction of sp³-hybridized carbons (Fsp3) is 0.167. The molecule has 0 fully saturated rings. The molecule has 0 spiro atoms. The lowest BCUT2D eigenvalue weighted by molar-refractivity contribution is 0.984. The zero-order valence-corrected chi connectivity index (χ0v) is 12.9. The van der Waals surface area contributed by atoms with E-state index in [4.69, 9.17) is 5.73 Å². The molecule has 0 saturated carbocycles. The minimum Gasteiger partial charge on any atom is -0.327 e. The molecular weight excluding hydrogens is 286 g/mol. The van der Waals surface area contributed by atoms with Gasteiger partial charge in [-0.3, -0.25) is 4.98 Å². The lowest BCUT2D eigenvalue weighted by Gasteiger charge is -2.17. The first-order valence-corrected chi connectivity index (χ1v) is 7.56. The third kappa shape index (κ3) is 3.05. The molecule has 2 aromatic heterocycles. The molecule has 2 aromatic rings. The molecule has 1 aliphatic heterocycles. The van der Waals surface area contributed by atoms with Gasteiger partial charge in [-0.05, 0) is 24.1 Å². The first-order valence-electron chi connectivity index (χ1n) is 7.56. The van der Waals surface area contributed by atoms with Gasteiger partial charge in [0.25, 0.3) is 0 Å². The Morgan fingerprint density at radius 3 is 3.04 bits per heavy atom. The Kier molecular flexibility index (Phi) is 4.59. The van der Waals surface area contributed by atoms with E-state index < -0.39 is 0 Å². The molecule has 1 aliphatic rings. The number of anilines is 2. The Bertz CT molecular complexity index is 749. The number of allylic oxidation sites excluding steroid dienone is 4. The predicted molar refractivity (Wildman–Crippen MR) is 93.3 cm³/mol. The molecule has 0 aliphatic carbocycles. The molecule has 0 atom stereocenters. The number of nitrogens with zero attached hydrogens (tertiary/aromatic N) is 4. The number of pyridine rings is 1. The SMILES string of the molecule is C=CC(=CC=CCN)c1ncnc2c1CCN2c1cccnc1. The molecule has 116 valence electrons. The van der Waals surface area contributed by atoms with Gasteiger partial charge in [-0.2, -0.15) is 0 Å². The Hall–Kier alpha value is -2.79. The van der Waals surface area contributed by atoms with E-state index in [1.54, 1.807) is 12.5 Å². The third-order valence-electron chi connectivity index (χ3n) is 3.76. The summed E-state index contributed by atoms with van der Waals surface area (Å²) in [6.07, 6.45) is 13.7. The van der Waals surface area contributed by atoms with Crippen molar-refractivity contribution in [2.75, 3.05) is 18.0 Å². The average molecular weight is 305 g/mol. The lowest BCUT2D eigenvalue weighted by Crippen LogP contribution is -2.14. The van der Waals surface area contributed by atoms with Crippen LogP contribution in [-0.2, 0) is 6.42 Å². The van der Waals surface area contributed by atoms with Crippen molar-refractivity contribution >= 4 is 17.1 Å². The zero-order valence-electron chi connectivity index (χ0n) is 12.9. The molecule has 5 nitrogen and oxygen atoms in total. The van der Waals surface area contributed by atoms with Crippen LogP contribution in [0.15, 0.2) is 61.7 Å². The summed E-state index contributed by atoms with van der Waals surface area (Å²) in [6.45, 7) is 5.28. The van der Waals surface area contributed by atoms with E-state index in [0.29, 0.717) is 6.54 Å². The largest absolute Gasteiger partial charge is 0.327 e. The quantitative estimate of drug-likeness (QED) is 0.860. The van der Waals surface area contributed by atoms with Crippen molar-refractivity contribution in [3.05, 3.63) is 73.0 Å². The van der Waals surface area contributed by atoms with E-state index >= 15 is 0 Å². The Labute approximate surface area is 135 Å². The van der Waals surface area contributed by atoms with Crippen molar-refractivity contribution < 1.29 is 0 Å². The van der Waals surface area contributed by atoms with Crippen LogP contribution in [0.2, 0.25) is 0 Å². The van der Waals surface area contributed by atoms with Gasteiger partial charge >= 0.3 is 0 Å². The Morgan fingerprint density at radius 2 is 2.30 bits per heavy atom. The summed E-state index contributed by atoms with van der Waals surface area (Å²) in [5.74, 6) is 0.943. The Morgan fingerprint density at radius 1 is 1.39 bits per heavy atom. The molecule has 2 N–H and O–H groups in total. The summed E-state index contributed by atoms with van der Waals surface area (Å²) >= 11 is 0. The fourth-order valence-corrected chi connectivity index (χ4v) is 2.70. The highest BCUT2D eigenvalue weighted by molar-refractivity contribution is 5.79. The van der Waals surface area contributed by atoms with Crippen molar-refractivity contribution in [1.29, 1.82) is 0 Å². The van der Waals surface area contributed by atoms with Gasteiger partial charge in [0.05, 0.1) is 17.6 Å². The van der Waals surface area contributed by atoms with E-state index in [-0.39, 0.29) is 0 Å². The molecule has 3 heterocycles. The number of hydrogen-bond donors (Lipinski definition) is 1. The molecular formula is C18H19N5. The van der Waals surface area contributed by atoms with Gasteiger partial charge in [0.2, 0.25) is 0 Å². The zero-order chi connectivity index (χ0) is 16.1. The van der Waals surface area contributed by atoms with Crippen molar-refractivity contribution in [1.82, 2.24) is 15.0 Å². The van der Waals surface area contributed by atoms with Crippen molar-refractivity contribution in [2.45, 2.75) is 6.42 Å². The molecule has 3 rings (SSSR count). The topological polar surface area (TPSA) is 67.9 Å². The maximum absolute atomic E-state index is 5.49. The molecule has 0 saturated heterocycles. The number of aromatic nitrogens is 3. The second kappa shape index (κ2) is 6.98. The summed E-state index contributed by atoms with van der Waals surface area (Å²) in [7, 11) is 0. The van der Waals surface area contributed by atoms with Crippen molar-refractivity contribution in [2.24, 2.45) is 5.73 Å². The number of rotatable bonds is 5. The lowest BCUT2D eigenvalue weighted by atomic mass is 10.1. The van der Waals surface area contributed by atoms with Gasteiger partial charge in [-0.25, -0.2) is 9.97 Å². The first-order chi connectivity index (χ1) is 11.3. The van der Waals surface area contributed by atoms with Crippen molar-refractivity contribution in [3.8, 4) is 0 Å². The molecule has 0 amide bonds. The summed E-state index contributed by atoms with van der Waals surface area (Å²) in [5.41, 5.74) is 9.58. The highest BCUT2D eigenvalue weighted by Crippen LogP contribution is 2.35. The van der Waals surface area contributed by atoms with Crippen LogP contribution in [0.4, 0.5) is 11.5 Å². The highest BCUT2D eigenvalue weighted by atomic mass is 15.2. The van der Waals surface area contributed by atoms with Crippen LogP contribution < -0.4 is 10.6 Å². The first kappa shape index (κ1) is 15.1. The average Bonchev–Trinajstić information content (AvgIpc) is 3.04. The van der Waals surface area contributed by atoms with Gasteiger partial charge in [0, 0.05) is 24.8 Å². The van der Waals surface area contributed by atoms with E-state index in [1.165, 1.54) is 0 Å². The Balaban J connectivity index is 2.01. The summed E-state index contributed by atoms with van der Waals surface area (Å²) in [6, 6.07) is 3.97. The van der Waals surface area contributed by atoms with Crippen LogP contribution in [0.3, 0.4) is 0 Å². The minimum absolute atomic E-state index is 0.511. The second-order valence-electron chi connectivity index (χ2n) is 5.13. The monoisotopic (exact) mass is 305 g/mol. The molecule has 0 aromatic carbocycles. The molecule has 23 heavy (non-hydrogen) atoms. The number of hydrogen-bond acceptors (Lipinski definition) is 5. The maximum atomic E-state index is 5.49. The van der Waals surface area contributed by atoms with E-state index in [1.807, 2.05) is 42.6 Å². The third-order valence-corrected chi connectivity index (χ3v) is 3.76. The minimum atomic E-state index is 0.511. The van der Waals surface area contributed by atoms with Crippen LogP contribution in [0.25, 0.3) is 5.57 Å². The van der Waals surface area contributed by atoms with Gasteiger partial charge in [-0.15, -0.1) is 0 Å². The molecule has 0 bridgehead atoms. The number of nitrogens with two attached hydrogens (primary N) is 1. The predicted octanol–water partition coefficient (Wildman–Crippen LogP) is 2.65. The van der Waals surface area contributed by atoms with Crippen LogP contribution in [-0.4, -0.2) is 28.0 Å². The van der Waals surface area contributed by atoms with Crippen LogP contribution >= 0.6 is 0 Å². The highest BCUT2D eigenvalue weighted by Gasteiger charge is 2.25. The van der Waals surface area contributed by atoms with Gasteiger partial charge in [0.15, 0.2) is 0 Å². The van der Waals surface area contributed by atoms with Crippen LogP contribution in [0.5, 0.6) is 0 Å². The summed E-state index contributed by atoms with van der Waals surface area (Å²) in [4.78, 5) is 15.3. The molecule has 5 heteroatoms. The summed E-state index contributed by atoms with van der Waals surface area (Å²) < 4.78 is 0. The standard InChI is InChI=1S/C18H19N5/c1-2-14(6-3-4-9-19)17-16-8-11-23(18(16)22-13-21-17)15-7-5-10-20-12-15/h2-7,10,12-13H,1,8-9,11,19H2. The van der Waals surface area contributed by atoms with Crippen LogP contribution in [0.1, 0.15) is 11.3 Å². The van der Waals surface area contributed by atoms with Gasteiger partial charge < -0.3 is 10.6 Å². The van der Waals surface area contributed by atoms with Crippen molar-refractivity contribution in [3.63, 3.8) is 0 Å². The van der Waals surface area contributed by atoms with Gasteiger partial charge in [0.1, 0.15) is 12.1 Å². The normalized spacial score (nSPS) is 14.3. The fourth-order valence-electron chi connectivity index (χ4n) is 2.70. The molecule has 0 unspecified atom stereocenters. The van der Waals surface area contributed by atoms with Gasteiger partial charge in [-0.1, -0.05) is 30.9 Å². The maximum Gasteiger partial charge on any atom is 0.140 e. The number of fused-ring (bicyclic) bond motifs is 1. The van der Waals surface area contributed by atoms with Crippen LogP contribution in [0, 0.1) is 0 Å². The second-order valence-corrected chi connectivity index (χ2v) is 5.13. The van der Waals surface area contributed by atoms with E-state index in [0.717, 1.165) is 41.3 Å². The smallest absolute Gasteiger partial charge is 0.140 e.